The van der Waals surface area contributed by atoms with E-state index in [4.69, 9.17) is 4.74 Å². The summed E-state index contributed by atoms with van der Waals surface area (Å²) in [5, 5.41) is 2.78. The van der Waals surface area contributed by atoms with E-state index in [2.05, 4.69) is 15.3 Å². The van der Waals surface area contributed by atoms with Crippen LogP contribution < -0.4 is 10.1 Å². The van der Waals surface area contributed by atoms with Gasteiger partial charge in [-0.15, -0.1) is 0 Å². The zero-order chi connectivity index (χ0) is 27.6. The smallest absolute Gasteiger partial charge is 0.422 e. The zero-order valence-corrected chi connectivity index (χ0v) is 21.1. The number of amides is 2. The summed E-state index contributed by atoms with van der Waals surface area (Å²) in [4.78, 5) is 34.9. The van der Waals surface area contributed by atoms with Crippen molar-refractivity contribution in [2.75, 3.05) is 11.9 Å². The summed E-state index contributed by atoms with van der Waals surface area (Å²) in [7, 11) is 0. The van der Waals surface area contributed by atoms with Gasteiger partial charge in [-0.1, -0.05) is 13.8 Å². The number of anilines is 1. The maximum absolute atomic E-state index is 14.6. The van der Waals surface area contributed by atoms with Crippen molar-refractivity contribution in [2.45, 2.75) is 46.0 Å². The summed E-state index contributed by atoms with van der Waals surface area (Å²) in [6.07, 6.45) is -0.474. The predicted molar refractivity (Wildman–Crippen MR) is 130 cm³/mol. The molecular formula is C27H25F4N4O3+. The van der Waals surface area contributed by atoms with Gasteiger partial charge in [0.1, 0.15) is 23.3 Å². The average Bonchev–Trinajstić information content (AvgIpc) is 3.53. The van der Waals surface area contributed by atoms with Gasteiger partial charge in [-0.05, 0) is 44.2 Å². The van der Waals surface area contributed by atoms with E-state index in [1.807, 2.05) is 13.0 Å². The molecule has 4 heterocycles. The monoisotopic (exact) mass is 529 g/mol. The van der Waals surface area contributed by atoms with Crippen LogP contribution in [0.5, 0.6) is 5.88 Å². The Labute approximate surface area is 216 Å². The minimum atomic E-state index is -4.55. The molecule has 1 N–H and O–H groups in total. The number of carbonyl (C=O) groups is 2. The molecular weight excluding hydrogens is 504 g/mol. The molecule has 5 rings (SSSR count). The summed E-state index contributed by atoms with van der Waals surface area (Å²) in [6, 6.07) is 5.07. The Bertz CT molecular complexity index is 1460. The van der Waals surface area contributed by atoms with Crippen LogP contribution in [0.2, 0.25) is 0 Å². The van der Waals surface area contributed by atoms with Crippen LogP contribution in [0.1, 0.15) is 54.1 Å². The molecule has 1 aliphatic carbocycles. The number of fused-ring (bicyclic) bond motifs is 3. The third-order valence-electron chi connectivity index (χ3n) is 6.99. The third kappa shape index (κ3) is 4.20. The molecule has 3 unspecified atom stereocenters. The molecule has 3 aliphatic rings. The molecule has 2 amide bonds. The molecule has 0 saturated carbocycles. The van der Waals surface area contributed by atoms with Crippen LogP contribution >= 0.6 is 0 Å². The van der Waals surface area contributed by atoms with Crippen LogP contribution in [-0.4, -0.2) is 45.1 Å². The van der Waals surface area contributed by atoms with Crippen molar-refractivity contribution in [1.82, 2.24) is 9.97 Å². The summed E-state index contributed by atoms with van der Waals surface area (Å²) in [6.45, 7) is 5.61. The highest BCUT2D eigenvalue weighted by Gasteiger charge is 2.75. The number of hydrogen-bond acceptors (Lipinski definition) is 5. The molecule has 38 heavy (non-hydrogen) atoms. The number of allylic oxidation sites excluding steroid dienone is 4. The van der Waals surface area contributed by atoms with Crippen LogP contribution in [0.25, 0.3) is 5.57 Å². The van der Waals surface area contributed by atoms with Gasteiger partial charge in [0, 0.05) is 34.9 Å². The largest absolute Gasteiger partial charge is 0.468 e. The number of nitrogens with zero attached hydrogens (tertiary/aromatic N) is 3. The van der Waals surface area contributed by atoms with Crippen LogP contribution in [0.15, 0.2) is 54.0 Å². The molecule has 0 radical (unpaired) electrons. The number of rotatable bonds is 6. The molecule has 198 valence electrons. The molecule has 2 aromatic rings. The van der Waals surface area contributed by atoms with Crippen LogP contribution in [0.4, 0.5) is 23.4 Å². The topological polar surface area (TPSA) is 81.2 Å². The number of pyridine rings is 2. The maximum atomic E-state index is 14.6. The average molecular weight is 530 g/mol. The van der Waals surface area contributed by atoms with Gasteiger partial charge in [-0.2, -0.15) is 13.2 Å². The highest BCUT2D eigenvalue weighted by Crippen LogP contribution is 2.62. The molecule has 7 nitrogen and oxygen atoms in total. The number of aromatic nitrogens is 2. The molecule has 1 fully saturated rings. The highest BCUT2D eigenvalue weighted by atomic mass is 19.4. The van der Waals surface area contributed by atoms with Crippen LogP contribution in [-0.2, 0) is 4.79 Å². The number of halogens is 4. The van der Waals surface area contributed by atoms with Crippen molar-refractivity contribution in [3.63, 3.8) is 0 Å². The lowest BCUT2D eigenvalue weighted by Gasteiger charge is -2.29. The molecule has 3 atom stereocenters. The molecule has 2 aromatic heterocycles. The molecule has 0 spiro atoms. The Hall–Kier alpha value is -3.86. The van der Waals surface area contributed by atoms with E-state index in [0.717, 1.165) is 0 Å². The van der Waals surface area contributed by atoms with Crippen molar-refractivity contribution in [1.29, 1.82) is 0 Å². The van der Waals surface area contributed by atoms with Gasteiger partial charge in [-0.25, -0.2) is 23.6 Å². The molecule has 2 aliphatic heterocycles. The number of hydrogen-bond donors (Lipinski definition) is 1. The highest BCUT2D eigenvalue weighted by molar-refractivity contribution is 6.03. The second-order valence-corrected chi connectivity index (χ2v) is 9.92. The van der Waals surface area contributed by atoms with Gasteiger partial charge < -0.3 is 10.1 Å². The van der Waals surface area contributed by atoms with Crippen molar-refractivity contribution in [3.05, 3.63) is 76.5 Å². The fourth-order valence-corrected chi connectivity index (χ4v) is 5.18. The van der Waals surface area contributed by atoms with Gasteiger partial charge in [0.2, 0.25) is 17.8 Å². The van der Waals surface area contributed by atoms with Crippen molar-refractivity contribution in [2.24, 2.45) is 5.92 Å². The lowest BCUT2D eigenvalue weighted by atomic mass is 9.95. The van der Waals surface area contributed by atoms with E-state index in [1.165, 1.54) is 30.4 Å². The van der Waals surface area contributed by atoms with Crippen molar-refractivity contribution >= 4 is 23.2 Å². The van der Waals surface area contributed by atoms with Gasteiger partial charge in [0.05, 0.1) is 5.69 Å². The molecule has 0 bridgehead atoms. The number of carbonyl (C=O) groups excluding carboxylic acids is 2. The number of quaternary nitrogens is 1. The third-order valence-corrected chi connectivity index (χ3v) is 6.99. The number of aryl methyl sites for hydroxylation is 1. The minimum Gasteiger partial charge on any atom is -0.468 e. The summed E-state index contributed by atoms with van der Waals surface area (Å²) in [5.41, 5.74) is 2.74. The fraction of sp³-hybridized carbons (Fsp3) is 0.333. The second-order valence-electron chi connectivity index (χ2n) is 9.92. The van der Waals surface area contributed by atoms with Gasteiger partial charge in [-0.3, -0.25) is 4.79 Å². The summed E-state index contributed by atoms with van der Waals surface area (Å²) in [5.74, 6) is -1.30. The van der Waals surface area contributed by atoms with E-state index < -0.39 is 30.7 Å². The first-order chi connectivity index (χ1) is 17.8. The quantitative estimate of drug-likeness (QED) is 0.301. The maximum Gasteiger partial charge on any atom is 0.422 e. The van der Waals surface area contributed by atoms with Gasteiger partial charge in [0.25, 0.3) is 0 Å². The summed E-state index contributed by atoms with van der Waals surface area (Å²) < 4.78 is 57.2. The second kappa shape index (κ2) is 8.87. The van der Waals surface area contributed by atoms with E-state index in [-0.39, 0.29) is 39.4 Å². The Morgan fingerprint density at radius 2 is 1.89 bits per heavy atom. The predicted octanol–water partition coefficient (Wildman–Crippen LogP) is 5.57. The first-order valence-corrected chi connectivity index (χ1v) is 12.1. The van der Waals surface area contributed by atoms with E-state index >= 15 is 0 Å². The number of nitrogens with one attached hydrogen (secondary N) is 1. The zero-order valence-electron chi connectivity index (χ0n) is 21.1. The lowest BCUT2D eigenvalue weighted by Crippen LogP contribution is -2.42. The van der Waals surface area contributed by atoms with E-state index in [1.54, 1.807) is 26.8 Å². The molecule has 0 aromatic carbocycles. The number of alkyl halides is 3. The van der Waals surface area contributed by atoms with Crippen LogP contribution in [0.3, 0.4) is 0 Å². The molecule has 1 saturated heterocycles. The van der Waals surface area contributed by atoms with Crippen molar-refractivity contribution < 1.29 is 36.4 Å². The first-order valence-electron chi connectivity index (χ1n) is 12.1. The molecule has 11 heteroatoms. The Kier molecular flexibility index (Phi) is 6.01. The van der Waals surface area contributed by atoms with E-state index in [9.17, 15) is 27.2 Å². The minimum absolute atomic E-state index is 0.172. The lowest BCUT2D eigenvalue weighted by molar-refractivity contribution is -0.737. The van der Waals surface area contributed by atoms with Crippen LogP contribution in [0, 0.1) is 12.8 Å². The van der Waals surface area contributed by atoms with Gasteiger partial charge >= 0.3 is 12.1 Å². The first kappa shape index (κ1) is 25.8. The Morgan fingerprint density at radius 1 is 1.16 bits per heavy atom. The Morgan fingerprint density at radius 3 is 2.58 bits per heavy atom. The Balaban J connectivity index is 1.58. The number of ether oxygens (including phenoxy) is 1. The SMILES string of the molecule is Cc1cc(C(C)[N+]23C(=O)c4ccc(OCC(F)(F)F)nc4C4=CC=C(F)C=C2C43)cc(NC(=O)C(C)C)n1. The summed E-state index contributed by atoms with van der Waals surface area (Å²) >= 11 is 0. The van der Waals surface area contributed by atoms with Gasteiger partial charge in [0.15, 0.2) is 12.3 Å². The fourth-order valence-electron chi connectivity index (χ4n) is 5.18. The normalized spacial score (nSPS) is 22.4. The van der Waals surface area contributed by atoms with Crippen molar-refractivity contribution in [3.8, 4) is 5.88 Å². The van der Waals surface area contributed by atoms with E-state index in [0.29, 0.717) is 28.3 Å². The standard InChI is InChI=1S/C27H24F4N4O3/c1-13(2)25(36)33-21-10-16(9-14(3)32-21)15(4)35-20-11-17(28)5-6-18(24(20)35)23-19(26(35)37)7-8-22(34-23)38-12-27(29,30)31/h5-11,13,15,24H,12H2,1-4H3/p+1.